The lowest BCUT2D eigenvalue weighted by atomic mass is 10.1. The van der Waals surface area contributed by atoms with Crippen LogP contribution in [0.2, 0.25) is 0 Å². The number of carboxylic acid groups (broad SMARTS) is 1. The van der Waals surface area contributed by atoms with Crippen molar-refractivity contribution in [3.63, 3.8) is 0 Å². The van der Waals surface area contributed by atoms with Crippen LogP contribution in [-0.2, 0) is 19.2 Å². The molecular weight excluding hydrogens is 688 g/mol. The van der Waals surface area contributed by atoms with Crippen molar-refractivity contribution >= 4 is 46.5 Å². The van der Waals surface area contributed by atoms with Gasteiger partial charge in [-0.2, -0.15) is 0 Å². The first-order chi connectivity index (χ1) is 25.5. The molecule has 2 aliphatic heterocycles. The number of para-hydroxylation sites is 1. The molecular formula is C36H40N8O9. The maximum absolute atomic E-state index is 14.4. The smallest absolute Gasteiger partial charge is 0.326 e. The Morgan fingerprint density at radius 2 is 1.81 bits per heavy atom. The van der Waals surface area contributed by atoms with Crippen molar-refractivity contribution in [2.45, 2.75) is 69.6 Å². The van der Waals surface area contributed by atoms with E-state index in [1.807, 2.05) is 18.2 Å². The number of methoxy groups -OCH3 is 1. The molecule has 0 saturated carbocycles. The highest BCUT2D eigenvalue weighted by Crippen LogP contribution is 2.29. The van der Waals surface area contributed by atoms with Gasteiger partial charge in [0, 0.05) is 42.6 Å². The van der Waals surface area contributed by atoms with Crippen molar-refractivity contribution in [2.75, 3.05) is 20.2 Å². The third-order valence-electron chi connectivity index (χ3n) is 9.44. The number of nitrogens with one attached hydrogen (secondary N) is 4. The summed E-state index contributed by atoms with van der Waals surface area (Å²) in [6.07, 6.45) is 2.09. The fourth-order valence-corrected chi connectivity index (χ4v) is 6.59. The molecule has 2 fully saturated rings. The maximum Gasteiger partial charge on any atom is 0.326 e. The third kappa shape index (κ3) is 8.29. The van der Waals surface area contributed by atoms with Gasteiger partial charge in [0.1, 0.15) is 29.5 Å². The minimum atomic E-state index is -1.41. The van der Waals surface area contributed by atoms with Gasteiger partial charge in [0.2, 0.25) is 17.7 Å². The molecule has 6 rings (SSSR count). The first-order valence-electron chi connectivity index (χ1n) is 17.3. The van der Waals surface area contributed by atoms with Gasteiger partial charge in [0.25, 0.3) is 11.8 Å². The summed E-state index contributed by atoms with van der Waals surface area (Å²) in [5, 5.41) is 29.4. The number of carboxylic acids is 1. The van der Waals surface area contributed by atoms with Crippen molar-refractivity contribution in [3.8, 4) is 11.4 Å². The molecule has 2 aliphatic rings. The predicted molar refractivity (Wildman–Crippen MR) is 187 cm³/mol. The van der Waals surface area contributed by atoms with Crippen LogP contribution < -0.4 is 26.0 Å². The number of carbonyl (C=O) groups is 6. The number of furan rings is 1. The number of aromatic nitrogens is 3. The minimum absolute atomic E-state index is 0.00193. The zero-order valence-electron chi connectivity index (χ0n) is 29.2. The fourth-order valence-electron chi connectivity index (χ4n) is 6.59. The number of carbonyl (C=O) groups excluding carboxylic acids is 5. The highest BCUT2D eigenvalue weighted by atomic mass is 16.5. The zero-order valence-corrected chi connectivity index (χ0v) is 29.2. The molecule has 4 aromatic rings. The monoisotopic (exact) mass is 728 g/mol. The highest BCUT2D eigenvalue weighted by molar-refractivity contribution is 6.02. The predicted octanol–water partition coefficient (Wildman–Crippen LogP) is 1.48. The Morgan fingerprint density at radius 3 is 2.57 bits per heavy atom. The lowest BCUT2D eigenvalue weighted by Crippen LogP contribution is -2.55. The van der Waals surface area contributed by atoms with Crippen LogP contribution in [0, 0.1) is 6.92 Å². The standard InChI is InChI=1S/C36H40N8O9/c1-20-24-12-11-23(52-2)17-29(24)53-31(20)34(48)39-25-10-6-7-15-37-30(45)14-13-26(36(50)51)40-33(47)28-16-21(18-43(28)35(25)49)38-32(46)27-19-44(42-41-27)22-8-4-3-5-9-22/h3-5,8-9,11-12,17,19,21,25-26,28H,6-7,10,13-16,18H2,1-2H3,(H,37,45)(H,38,46)(H,39,48)(H,40,47)(H,50,51)/t21-,25+,26+,28+/m1/s1. The molecule has 278 valence electrons. The summed E-state index contributed by atoms with van der Waals surface area (Å²) < 4.78 is 12.6. The van der Waals surface area contributed by atoms with Gasteiger partial charge in [-0.25, -0.2) is 9.48 Å². The van der Waals surface area contributed by atoms with Crippen molar-refractivity contribution < 1.29 is 43.0 Å². The number of amides is 5. The van der Waals surface area contributed by atoms with Crippen LogP contribution in [0.5, 0.6) is 5.75 Å². The number of hydrogen-bond donors (Lipinski definition) is 5. The number of hydrogen-bond acceptors (Lipinski definition) is 10. The van der Waals surface area contributed by atoms with Crippen LogP contribution in [0.3, 0.4) is 0 Å². The normalized spacial score (nSPS) is 21.5. The second-order valence-corrected chi connectivity index (χ2v) is 13.0. The average molecular weight is 729 g/mol. The molecule has 0 spiro atoms. The Balaban J connectivity index is 1.26. The third-order valence-corrected chi connectivity index (χ3v) is 9.44. The van der Waals surface area contributed by atoms with E-state index >= 15 is 0 Å². The van der Waals surface area contributed by atoms with Crippen molar-refractivity contribution in [3.05, 3.63) is 71.7 Å². The average Bonchev–Trinajstić information content (AvgIpc) is 3.90. The van der Waals surface area contributed by atoms with E-state index in [4.69, 9.17) is 9.15 Å². The summed E-state index contributed by atoms with van der Waals surface area (Å²) in [5.74, 6) is -3.82. The Bertz CT molecular complexity index is 2030. The van der Waals surface area contributed by atoms with E-state index in [2.05, 4.69) is 31.6 Å². The molecule has 0 radical (unpaired) electrons. The van der Waals surface area contributed by atoms with E-state index < -0.39 is 53.8 Å². The molecule has 17 nitrogen and oxygen atoms in total. The number of aryl methyl sites for hydroxylation is 1. The summed E-state index contributed by atoms with van der Waals surface area (Å²) in [6.45, 7) is 1.86. The molecule has 0 bridgehead atoms. The van der Waals surface area contributed by atoms with Crippen LogP contribution in [-0.4, -0.2) is 105 Å². The van der Waals surface area contributed by atoms with Gasteiger partial charge in [-0.1, -0.05) is 23.4 Å². The van der Waals surface area contributed by atoms with E-state index in [9.17, 15) is 33.9 Å². The summed E-state index contributed by atoms with van der Waals surface area (Å²) >= 11 is 0. The van der Waals surface area contributed by atoms with E-state index in [0.717, 1.165) is 0 Å². The molecule has 2 aromatic heterocycles. The van der Waals surface area contributed by atoms with Gasteiger partial charge < -0.3 is 40.4 Å². The van der Waals surface area contributed by atoms with Crippen LogP contribution in [0.1, 0.15) is 65.1 Å². The quantitative estimate of drug-likeness (QED) is 0.183. The van der Waals surface area contributed by atoms with E-state index in [1.54, 1.807) is 37.3 Å². The van der Waals surface area contributed by atoms with Crippen molar-refractivity contribution in [2.24, 2.45) is 0 Å². The molecule has 17 heteroatoms. The van der Waals surface area contributed by atoms with Gasteiger partial charge in [0.15, 0.2) is 11.5 Å². The second kappa shape index (κ2) is 16.0. The number of ether oxygens (including phenoxy) is 1. The molecule has 2 saturated heterocycles. The van der Waals surface area contributed by atoms with E-state index in [-0.39, 0.29) is 56.1 Å². The number of benzene rings is 2. The van der Waals surface area contributed by atoms with Gasteiger partial charge in [-0.15, -0.1) is 5.10 Å². The van der Waals surface area contributed by atoms with Gasteiger partial charge in [-0.3, -0.25) is 24.0 Å². The Labute approximate surface area is 303 Å². The lowest BCUT2D eigenvalue weighted by molar-refractivity contribution is -0.144. The van der Waals surface area contributed by atoms with E-state index in [0.29, 0.717) is 40.8 Å². The molecule has 5 N–H and O–H groups in total. The molecule has 2 aromatic carbocycles. The van der Waals surface area contributed by atoms with Gasteiger partial charge >= 0.3 is 5.97 Å². The number of fused-ring (bicyclic) bond motifs is 2. The molecule has 4 atom stereocenters. The number of rotatable bonds is 7. The number of nitrogens with zero attached hydrogens (tertiary/aromatic N) is 4. The molecule has 5 amide bonds. The molecule has 0 unspecified atom stereocenters. The number of aliphatic carboxylic acids is 1. The fraction of sp³-hybridized carbons (Fsp3) is 0.389. The molecule has 53 heavy (non-hydrogen) atoms. The largest absolute Gasteiger partial charge is 0.497 e. The van der Waals surface area contributed by atoms with Crippen LogP contribution in [0.4, 0.5) is 0 Å². The topological polar surface area (TPSA) is 227 Å². The second-order valence-electron chi connectivity index (χ2n) is 13.0. The summed E-state index contributed by atoms with van der Waals surface area (Å²) in [4.78, 5) is 81.0. The SMILES string of the molecule is COc1ccc2c(C)c(C(=O)N[C@H]3CCCCNC(=O)CC[C@@H](C(=O)O)NC(=O)[C@@H]4C[C@@H](NC(=O)c5cn(-c6ccccc6)nn5)CN4C3=O)oc2c1. The summed E-state index contributed by atoms with van der Waals surface area (Å²) in [6, 6.07) is 9.68. The van der Waals surface area contributed by atoms with Gasteiger partial charge in [-0.05, 0) is 63.3 Å². The Morgan fingerprint density at radius 1 is 1.02 bits per heavy atom. The maximum atomic E-state index is 14.4. The highest BCUT2D eigenvalue weighted by Gasteiger charge is 2.44. The first-order valence-corrected chi connectivity index (χ1v) is 17.3. The van der Waals surface area contributed by atoms with Crippen LogP contribution in [0.15, 0.2) is 59.1 Å². The zero-order chi connectivity index (χ0) is 37.6. The molecule has 4 heterocycles. The summed E-state index contributed by atoms with van der Waals surface area (Å²) in [7, 11) is 1.51. The lowest BCUT2D eigenvalue weighted by Gasteiger charge is -2.29. The van der Waals surface area contributed by atoms with Crippen LogP contribution in [0.25, 0.3) is 16.7 Å². The summed E-state index contributed by atoms with van der Waals surface area (Å²) in [5.41, 5.74) is 1.66. The Kier molecular flexibility index (Phi) is 11.0. The van der Waals surface area contributed by atoms with Crippen molar-refractivity contribution in [1.29, 1.82) is 0 Å². The van der Waals surface area contributed by atoms with E-state index in [1.165, 1.54) is 22.9 Å². The van der Waals surface area contributed by atoms with Crippen molar-refractivity contribution in [1.82, 2.24) is 41.2 Å². The van der Waals surface area contributed by atoms with Gasteiger partial charge in [0.05, 0.1) is 19.0 Å². The van der Waals surface area contributed by atoms with Crippen LogP contribution >= 0.6 is 0 Å². The first kappa shape index (κ1) is 36.5. The minimum Gasteiger partial charge on any atom is -0.497 e. The molecule has 0 aliphatic carbocycles. The Hall–Kier alpha value is -6.26.